The van der Waals surface area contributed by atoms with Crippen molar-refractivity contribution in [3.63, 3.8) is 0 Å². The minimum atomic E-state index is -0.481. The van der Waals surface area contributed by atoms with Crippen LogP contribution in [0.25, 0.3) is 6.08 Å². The Bertz CT molecular complexity index is 753. The second kappa shape index (κ2) is 8.25. The molecule has 116 valence electrons. The van der Waals surface area contributed by atoms with E-state index in [-0.39, 0.29) is 5.57 Å². The molecule has 1 aromatic heterocycles. The van der Waals surface area contributed by atoms with Crippen LogP contribution in [-0.2, 0) is 4.79 Å². The minimum absolute atomic E-state index is 0.00498. The van der Waals surface area contributed by atoms with E-state index in [1.807, 2.05) is 13.0 Å². The molecule has 23 heavy (non-hydrogen) atoms. The van der Waals surface area contributed by atoms with Crippen LogP contribution in [0.3, 0.4) is 0 Å². The average molecular weight is 308 g/mol. The molecule has 0 saturated carbocycles. The lowest BCUT2D eigenvalue weighted by Crippen LogP contribution is -2.13. The van der Waals surface area contributed by atoms with Gasteiger partial charge in [0.1, 0.15) is 23.2 Å². The largest absolute Gasteiger partial charge is 0.494 e. The van der Waals surface area contributed by atoms with Gasteiger partial charge in [0.05, 0.1) is 12.9 Å². The first-order valence-corrected chi connectivity index (χ1v) is 7.09. The predicted octanol–water partition coefficient (Wildman–Crippen LogP) is 3.78. The summed E-state index contributed by atoms with van der Waals surface area (Å²) in [6.07, 6.45) is 6.24. The maximum Gasteiger partial charge on any atom is 0.266 e. The fraction of sp³-hybridized carbons (Fsp3) is 0.111. The number of furan rings is 1. The standard InChI is InChI=1S/C18H16N2O3/c1-2-22-17-9-4-7-15(12-17)20-18(21)14(13-19)6-3-8-16-10-5-11-23-16/h3-12H,2H2,1H3,(H,20,21)/b8-3+,14-6-. The molecule has 0 radical (unpaired) electrons. The first-order valence-electron chi connectivity index (χ1n) is 7.09. The number of benzene rings is 1. The zero-order chi connectivity index (χ0) is 16.5. The number of carbonyl (C=O) groups excluding carboxylic acids is 1. The van der Waals surface area contributed by atoms with Gasteiger partial charge in [-0.05, 0) is 43.3 Å². The first kappa shape index (κ1) is 16.1. The van der Waals surface area contributed by atoms with Gasteiger partial charge in [-0.15, -0.1) is 0 Å². The van der Waals surface area contributed by atoms with Gasteiger partial charge < -0.3 is 14.5 Å². The number of ether oxygens (including phenoxy) is 1. The van der Waals surface area contributed by atoms with Crippen LogP contribution in [0.4, 0.5) is 5.69 Å². The van der Waals surface area contributed by atoms with Crippen LogP contribution in [0.15, 0.2) is 64.8 Å². The molecule has 2 aromatic rings. The van der Waals surface area contributed by atoms with Gasteiger partial charge in [-0.1, -0.05) is 12.1 Å². The molecule has 0 atom stereocenters. The maximum atomic E-state index is 12.1. The summed E-state index contributed by atoms with van der Waals surface area (Å²) in [7, 11) is 0. The Morgan fingerprint density at radius 3 is 2.96 bits per heavy atom. The zero-order valence-corrected chi connectivity index (χ0v) is 12.7. The Morgan fingerprint density at radius 1 is 1.39 bits per heavy atom. The fourth-order valence-corrected chi connectivity index (χ4v) is 1.82. The first-order chi connectivity index (χ1) is 11.2. The molecule has 0 bridgehead atoms. The lowest BCUT2D eigenvalue weighted by molar-refractivity contribution is -0.112. The predicted molar refractivity (Wildman–Crippen MR) is 87.7 cm³/mol. The van der Waals surface area contributed by atoms with Crippen molar-refractivity contribution < 1.29 is 13.9 Å². The highest BCUT2D eigenvalue weighted by Gasteiger charge is 2.08. The lowest BCUT2D eigenvalue weighted by atomic mass is 10.2. The lowest BCUT2D eigenvalue weighted by Gasteiger charge is -2.07. The summed E-state index contributed by atoms with van der Waals surface area (Å²) in [5, 5.41) is 11.8. The van der Waals surface area contributed by atoms with Crippen LogP contribution in [0.5, 0.6) is 5.75 Å². The molecule has 0 unspecified atom stereocenters. The van der Waals surface area contributed by atoms with Crippen LogP contribution >= 0.6 is 0 Å². The molecule has 1 amide bonds. The topological polar surface area (TPSA) is 75.3 Å². The van der Waals surface area contributed by atoms with E-state index in [0.717, 1.165) is 0 Å². The number of amides is 1. The number of nitrogens with one attached hydrogen (secondary N) is 1. The summed E-state index contributed by atoms with van der Waals surface area (Å²) in [4.78, 5) is 12.1. The van der Waals surface area contributed by atoms with Crippen molar-refractivity contribution in [3.8, 4) is 11.8 Å². The zero-order valence-electron chi connectivity index (χ0n) is 12.7. The summed E-state index contributed by atoms with van der Waals surface area (Å²) in [6, 6.07) is 12.4. The minimum Gasteiger partial charge on any atom is -0.494 e. The normalized spacial score (nSPS) is 11.2. The third-order valence-corrected chi connectivity index (χ3v) is 2.83. The number of hydrogen-bond donors (Lipinski definition) is 1. The monoisotopic (exact) mass is 308 g/mol. The van der Waals surface area contributed by atoms with Crippen molar-refractivity contribution >= 4 is 17.7 Å². The van der Waals surface area contributed by atoms with Crippen molar-refractivity contribution in [3.05, 3.63) is 66.1 Å². The average Bonchev–Trinajstić information content (AvgIpc) is 3.05. The molecule has 0 spiro atoms. The van der Waals surface area contributed by atoms with Gasteiger partial charge in [0.2, 0.25) is 0 Å². The van der Waals surface area contributed by atoms with E-state index >= 15 is 0 Å². The second-order valence-electron chi connectivity index (χ2n) is 4.48. The Morgan fingerprint density at radius 2 is 2.26 bits per heavy atom. The summed E-state index contributed by atoms with van der Waals surface area (Å²) in [5.74, 6) is 0.819. The van der Waals surface area contributed by atoms with Gasteiger partial charge in [0.25, 0.3) is 5.91 Å². The molecule has 0 aliphatic carbocycles. The number of carbonyl (C=O) groups is 1. The van der Waals surface area contributed by atoms with Gasteiger partial charge in [0.15, 0.2) is 0 Å². The highest BCUT2D eigenvalue weighted by Crippen LogP contribution is 2.17. The van der Waals surface area contributed by atoms with E-state index in [9.17, 15) is 4.79 Å². The van der Waals surface area contributed by atoms with Crippen molar-refractivity contribution in [1.29, 1.82) is 5.26 Å². The smallest absolute Gasteiger partial charge is 0.266 e. The molecular formula is C18H16N2O3. The number of allylic oxidation sites excluding steroid dienone is 2. The van der Waals surface area contributed by atoms with Crippen LogP contribution in [-0.4, -0.2) is 12.5 Å². The number of nitriles is 1. The Kier molecular flexibility index (Phi) is 5.78. The van der Waals surface area contributed by atoms with E-state index in [2.05, 4.69) is 5.32 Å². The molecule has 1 N–H and O–H groups in total. The summed E-state index contributed by atoms with van der Waals surface area (Å²) in [5.41, 5.74) is 0.562. The van der Waals surface area contributed by atoms with E-state index in [1.165, 1.54) is 6.08 Å². The molecule has 2 rings (SSSR count). The van der Waals surface area contributed by atoms with E-state index in [0.29, 0.717) is 23.8 Å². The number of nitrogens with zero attached hydrogens (tertiary/aromatic N) is 1. The molecule has 0 fully saturated rings. The molecule has 1 heterocycles. The third-order valence-electron chi connectivity index (χ3n) is 2.83. The van der Waals surface area contributed by atoms with Gasteiger partial charge in [-0.25, -0.2) is 0 Å². The number of hydrogen-bond acceptors (Lipinski definition) is 4. The summed E-state index contributed by atoms with van der Waals surface area (Å²) < 4.78 is 10.5. The number of rotatable bonds is 6. The van der Waals surface area contributed by atoms with Crippen LogP contribution in [0.1, 0.15) is 12.7 Å². The Labute approximate surface area is 134 Å². The summed E-state index contributed by atoms with van der Waals surface area (Å²) >= 11 is 0. The maximum absolute atomic E-state index is 12.1. The van der Waals surface area contributed by atoms with Crippen LogP contribution in [0, 0.1) is 11.3 Å². The molecule has 0 saturated heterocycles. The van der Waals surface area contributed by atoms with E-state index in [4.69, 9.17) is 14.4 Å². The van der Waals surface area contributed by atoms with Crippen LogP contribution < -0.4 is 10.1 Å². The second-order valence-corrected chi connectivity index (χ2v) is 4.48. The summed E-state index contributed by atoms with van der Waals surface area (Å²) in [6.45, 7) is 2.42. The highest BCUT2D eigenvalue weighted by atomic mass is 16.5. The molecule has 0 aliphatic heterocycles. The fourth-order valence-electron chi connectivity index (χ4n) is 1.82. The quantitative estimate of drug-likeness (QED) is 0.500. The third kappa shape index (κ3) is 4.90. The highest BCUT2D eigenvalue weighted by molar-refractivity contribution is 6.06. The van der Waals surface area contributed by atoms with Crippen molar-refractivity contribution in [2.75, 3.05) is 11.9 Å². The molecule has 0 aliphatic rings. The molecule has 5 nitrogen and oxygen atoms in total. The van der Waals surface area contributed by atoms with Gasteiger partial charge in [-0.2, -0.15) is 5.26 Å². The molecule has 5 heteroatoms. The van der Waals surface area contributed by atoms with Crippen LogP contribution in [0.2, 0.25) is 0 Å². The Hall–Kier alpha value is -3.26. The number of anilines is 1. The van der Waals surface area contributed by atoms with E-state index in [1.54, 1.807) is 54.8 Å². The van der Waals surface area contributed by atoms with E-state index < -0.39 is 5.91 Å². The van der Waals surface area contributed by atoms with Gasteiger partial charge in [0, 0.05) is 11.8 Å². The van der Waals surface area contributed by atoms with Crippen molar-refractivity contribution in [2.45, 2.75) is 6.92 Å². The SMILES string of the molecule is CCOc1cccc(NC(=O)/C(C#N)=C\C=C\c2ccco2)c1. The van der Waals surface area contributed by atoms with Crippen molar-refractivity contribution in [2.24, 2.45) is 0 Å². The molecular weight excluding hydrogens is 292 g/mol. The van der Waals surface area contributed by atoms with Gasteiger partial charge in [-0.3, -0.25) is 4.79 Å². The molecule has 1 aromatic carbocycles. The van der Waals surface area contributed by atoms with Gasteiger partial charge >= 0.3 is 0 Å². The van der Waals surface area contributed by atoms with Crippen molar-refractivity contribution in [1.82, 2.24) is 0 Å². The Balaban J connectivity index is 2.05.